The van der Waals surface area contributed by atoms with Crippen LogP contribution >= 0.6 is 0 Å². The van der Waals surface area contributed by atoms with Crippen LogP contribution in [0.4, 0.5) is 13.2 Å². The lowest BCUT2D eigenvalue weighted by Crippen LogP contribution is -2.40. The monoisotopic (exact) mass is 433 g/mol. The summed E-state index contributed by atoms with van der Waals surface area (Å²) in [4.78, 5) is 18.7. The molecule has 9 heteroatoms. The molecule has 164 valence electrons. The number of hydrogen-bond acceptors (Lipinski definition) is 5. The summed E-state index contributed by atoms with van der Waals surface area (Å²) in [5.41, 5.74) is 0.260. The van der Waals surface area contributed by atoms with E-state index in [4.69, 9.17) is 9.26 Å². The molecule has 0 radical (unpaired) electrons. The van der Waals surface area contributed by atoms with Gasteiger partial charge < -0.3 is 14.2 Å². The van der Waals surface area contributed by atoms with Crippen LogP contribution < -0.4 is 4.74 Å². The van der Waals surface area contributed by atoms with Crippen LogP contribution in [0.25, 0.3) is 11.1 Å². The van der Waals surface area contributed by atoms with Crippen LogP contribution in [0.15, 0.2) is 34.9 Å². The summed E-state index contributed by atoms with van der Waals surface area (Å²) in [6, 6.07) is 8.28. The number of fused-ring (bicyclic) bond motifs is 1. The van der Waals surface area contributed by atoms with Crippen LogP contribution in [0, 0.1) is 6.92 Å². The van der Waals surface area contributed by atoms with Crippen molar-refractivity contribution in [1.82, 2.24) is 15.0 Å². The Balaban J connectivity index is 1.60. The van der Waals surface area contributed by atoms with Gasteiger partial charge in [0.05, 0.1) is 30.2 Å². The topological polar surface area (TPSA) is 68.5 Å². The molecule has 1 saturated heterocycles. The van der Waals surface area contributed by atoms with E-state index >= 15 is 0 Å². The van der Waals surface area contributed by atoms with E-state index in [2.05, 4.69) is 10.1 Å². The first-order valence-corrected chi connectivity index (χ1v) is 10.0. The SMILES string of the molecule is COc1ccccc1CC(=O)N1CCC[C@H](c2noc3nc(C)cc(C(F)(F)F)c23)C1. The van der Waals surface area contributed by atoms with Crippen molar-refractivity contribution in [2.45, 2.75) is 38.3 Å². The predicted octanol–water partition coefficient (Wildman–Crippen LogP) is 4.51. The number of carbonyl (C=O) groups excluding carboxylic acids is 1. The number of pyridine rings is 1. The number of hydrogen-bond donors (Lipinski definition) is 0. The van der Waals surface area contributed by atoms with E-state index in [1.54, 1.807) is 18.1 Å². The second-order valence-corrected chi connectivity index (χ2v) is 7.72. The van der Waals surface area contributed by atoms with Crippen LogP contribution in [-0.2, 0) is 17.4 Å². The maximum Gasteiger partial charge on any atom is 0.417 e. The zero-order valence-corrected chi connectivity index (χ0v) is 17.2. The van der Waals surface area contributed by atoms with Crippen LogP contribution in [0.2, 0.25) is 0 Å². The molecule has 0 unspecified atom stereocenters. The highest BCUT2D eigenvalue weighted by Gasteiger charge is 2.38. The van der Waals surface area contributed by atoms with E-state index in [0.29, 0.717) is 25.1 Å². The Morgan fingerprint density at radius 2 is 2.10 bits per heavy atom. The number of para-hydroxylation sites is 1. The first-order valence-electron chi connectivity index (χ1n) is 10.0. The number of nitrogens with zero attached hydrogens (tertiary/aromatic N) is 3. The molecule has 3 heterocycles. The fourth-order valence-electron chi connectivity index (χ4n) is 4.15. The minimum atomic E-state index is -4.56. The minimum Gasteiger partial charge on any atom is -0.496 e. The molecular formula is C22H22F3N3O3. The molecule has 0 spiro atoms. The maximum absolute atomic E-state index is 13.7. The number of likely N-dealkylation sites (tertiary alicyclic amines) is 1. The number of rotatable bonds is 4. The fourth-order valence-corrected chi connectivity index (χ4v) is 4.15. The molecule has 0 N–H and O–H groups in total. The molecule has 1 aromatic carbocycles. The van der Waals surface area contributed by atoms with Gasteiger partial charge in [-0.15, -0.1) is 0 Å². The van der Waals surface area contributed by atoms with Crippen molar-refractivity contribution in [2.24, 2.45) is 0 Å². The van der Waals surface area contributed by atoms with Crippen molar-refractivity contribution < 1.29 is 27.2 Å². The third kappa shape index (κ3) is 4.22. The van der Waals surface area contributed by atoms with Crippen molar-refractivity contribution >= 4 is 17.0 Å². The summed E-state index contributed by atoms with van der Waals surface area (Å²) >= 11 is 0. The zero-order chi connectivity index (χ0) is 22.2. The molecule has 3 aromatic rings. The highest BCUT2D eigenvalue weighted by atomic mass is 19.4. The molecule has 0 saturated carbocycles. The molecule has 1 fully saturated rings. The van der Waals surface area contributed by atoms with Crippen molar-refractivity contribution in [3.05, 3.63) is 52.8 Å². The Labute approximate surface area is 177 Å². The second kappa shape index (κ2) is 8.20. The number of amides is 1. The number of methoxy groups -OCH3 is 1. The summed E-state index contributed by atoms with van der Waals surface area (Å²) in [7, 11) is 1.55. The molecule has 1 aliphatic rings. The van der Waals surface area contributed by atoms with Gasteiger partial charge in [0.15, 0.2) is 0 Å². The lowest BCUT2D eigenvalue weighted by Gasteiger charge is -2.32. The van der Waals surface area contributed by atoms with Gasteiger partial charge in [-0.05, 0) is 31.9 Å². The van der Waals surface area contributed by atoms with Crippen LogP contribution in [-0.4, -0.2) is 41.1 Å². The largest absolute Gasteiger partial charge is 0.496 e. The van der Waals surface area contributed by atoms with Gasteiger partial charge in [0, 0.05) is 30.3 Å². The molecule has 2 aromatic heterocycles. The highest BCUT2D eigenvalue weighted by Crippen LogP contribution is 2.40. The number of piperidine rings is 1. The number of aryl methyl sites for hydroxylation is 1. The predicted molar refractivity (Wildman–Crippen MR) is 107 cm³/mol. The average Bonchev–Trinajstić information content (AvgIpc) is 3.16. The maximum atomic E-state index is 13.7. The van der Waals surface area contributed by atoms with Gasteiger partial charge in [-0.1, -0.05) is 23.4 Å². The molecule has 31 heavy (non-hydrogen) atoms. The Kier molecular flexibility index (Phi) is 5.60. The molecule has 1 atom stereocenters. The molecule has 1 aliphatic heterocycles. The number of halogens is 3. The van der Waals surface area contributed by atoms with E-state index in [0.717, 1.165) is 11.6 Å². The fraction of sp³-hybridized carbons (Fsp3) is 0.409. The zero-order valence-electron chi connectivity index (χ0n) is 17.2. The summed E-state index contributed by atoms with van der Waals surface area (Å²) in [5, 5.41) is 3.83. The van der Waals surface area contributed by atoms with E-state index < -0.39 is 11.7 Å². The van der Waals surface area contributed by atoms with Crippen LogP contribution in [0.5, 0.6) is 5.75 Å². The van der Waals surface area contributed by atoms with Crippen molar-refractivity contribution in [1.29, 1.82) is 0 Å². The standard InChI is InChI=1S/C22H22F3N3O3/c1-13-10-16(22(23,24)25)19-20(27-31-21(19)26-13)15-7-5-9-28(12-15)18(29)11-14-6-3-4-8-17(14)30-2/h3-4,6,8,10,15H,5,7,9,11-12H2,1-2H3/t15-/m0/s1. The number of benzene rings is 1. The van der Waals surface area contributed by atoms with Crippen molar-refractivity contribution in [3.8, 4) is 5.75 Å². The van der Waals surface area contributed by atoms with E-state index in [1.807, 2.05) is 18.2 Å². The lowest BCUT2D eigenvalue weighted by atomic mass is 9.91. The molecular weight excluding hydrogens is 411 g/mol. The normalized spacial score (nSPS) is 17.2. The van der Waals surface area contributed by atoms with Crippen molar-refractivity contribution in [3.63, 3.8) is 0 Å². The molecule has 0 aliphatic carbocycles. The summed E-state index contributed by atoms with van der Waals surface area (Å²) in [6.45, 7) is 2.31. The average molecular weight is 433 g/mol. The Hall–Kier alpha value is -3.10. The minimum absolute atomic E-state index is 0.105. The van der Waals surface area contributed by atoms with Gasteiger partial charge in [0.1, 0.15) is 5.75 Å². The molecule has 4 rings (SSSR count). The third-order valence-electron chi connectivity index (χ3n) is 5.60. The first-order chi connectivity index (χ1) is 14.8. The van der Waals surface area contributed by atoms with Gasteiger partial charge in [-0.2, -0.15) is 13.2 Å². The van der Waals surface area contributed by atoms with Crippen LogP contribution in [0.3, 0.4) is 0 Å². The highest BCUT2D eigenvalue weighted by molar-refractivity contribution is 5.82. The molecule has 0 bridgehead atoms. The molecule has 6 nitrogen and oxygen atoms in total. The summed E-state index contributed by atoms with van der Waals surface area (Å²) < 4.78 is 51.5. The van der Waals surface area contributed by atoms with E-state index in [1.165, 1.54) is 6.92 Å². The third-order valence-corrected chi connectivity index (χ3v) is 5.60. The number of carbonyl (C=O) groups is 1. The van der Waals surface area contributed by atoms with Gasteiger partial charge in [-0.25, -0.2) is 4.98 Å². The van der Waals surface area contributed by atoms with Gasteiger partial charge in [0.2, 0.25) is 5.91 Å². The summed E-state index contributed by atoms with van der Waals surface area (Å²) in [6.07, 6.45) is -3.12. The smallest absolute Gasteiger partial charge is 0.417 e. The van der Waals surface area contributed by atoms with Crippen LogP contribution in [0.1, 0.15) is 41.3 Å². The number of ether oxygens (including phenoxy) is 1. The Morgan fingerprint density at radius 3 is 2.84 bits per heavy atom. The Bertz CT molecular complexity index is 1110. The van der Waals surface area contributed by atoms with Gasteiger partial charge >= 0.3 is 6.18 Å². The Morgan fingerprint density at radius 1 is 1.32 bits per heavy atom. The summed E-state index contributed by atoms with van der Waals surface area (Å²) in [5.74, 6) is 0.164. The second-order valence-electron chi connectivity index (χ2n) is 7.72. The number of alkyl halides is 3. The van der Waals surface area contributed by atoms with Crippen molar-refractivity contribution in [2.75, 3.05) is 20.2 Å². The quantitative estimate of drug-likeness (QED) is 0.606. The van der Waals surface area contributed by atoms with E-state index in [-0.39, 0.29) is 47.3 Å². The molecule has 1 amide bonds. The first kappa shape index (κ1) is 21.1. The van der Waals surface area contributed by atoms with Gasteiger partial charge in [-0.3, -0.25) is 4.79 Å². The lowest BCUT2D eigenvalue weighted by molar-refractivity contribution is -0.136. The van der Waals surface area contributed by atoms with E-state index in [9.17, 15) is 18.0 Å². The number of aromatic nitrogens is 2. The van der Waals surface area contributed by atoms with Gasteiger partial charge in [0.25, 0.3) is 5.71 Å².